The molecule has 1 unspecified atom stereocenters. The molecule has 0 aliphatic rings. The van der Waals surface area contributed by atoms with E-state index in [0.29, 0.717) is 5.13 Å². The second kappa shape index (κ2) is 5.76. The molecule has 0 fully saturated rings. The Morgan fingerprint density at radius 3 is 2.91 bits per heavy atom. The molecule has 0 saturated carbocycles. The predicted molar refractivity (Wildman–Crippen MR) is 84.9 cm³/mol. The number of aryl methyl sites for hydroxylation is 2. The van der Waals surface area contributed by atoms with Gasteiger partial charge in [-0.1, -0.05) is 0 Å². The Morgan fingerprint density at radius 1 is 1.45 bits per heavy atom. The molecule has 0 spiro atoms. The Balaban J connectivity index is 1.74. The Morgan fingerprint density at radius 2 is 2.27 bits per heavy atom. The molecule has 3 rings (SSSR count). The molecule has 114 valence electrons. The number of aromatic nitrogens is 3. The number of carbonyl (C=O) groups excluding carboxylic acids is 1. The van der Waals surface area contributed by atoms with Gasteiger partial charge in [-0.2, -0.15) is 0 Å². The van der Waals surface area contributed by atoms with Gasteiger partial charge in [-0.15, -0.1) is 11.3 Å². The summed E-state index contributed by atoms with van der Waals surface area (Å²) in [6.07, 6.45) is 5.03. The fraction of sp³-hybridized carbons (Fsp3) is 0.267. The van der Waals surface area contributed by atoms with E-state index < -0.39 is 0 Å². The summed E-state index contributed by atoms with van der Waals surface area (Å²) in [5.41, 5.74) is 1.77. The largest absolute Gasteiger partial charge is 0.466 e. The molecule has 0 bridgehead atoms. The number of nitrogens with zero attached hydrogens (tertiary/aromatic N) is 3. The standard InChI is InChI=1S/C15H16N4O2S/c1-9-6-12(11(3)21-9)13-7-22-15(17-13)18-14(20)10(2)19-5-4-16-8-19/h4-8,10H,1-3H3,(H,17,18,20). The van der Waals surface area contributed by atoms with Crippen LogP contribution in [-0.2, 0) is 4.79 Å². The first-order valence-electron chi connectivity index (χ1n) is 6.86. The third kappa shape index (κ3) is 2.80. The van der Waals surface area contributed by atoms with Crippen molar-refractivity contribution in [3.8, 4) is 11.3 Å². The van der Waals surface area contributed by atoms with E-state index >= 15 is 0 Å². The minimum Gasteiger partial charge on any atom is -0.466 e. The Hall–Kier alpha value is -2.41. The van der Waals surface area contributed by atoms with Crippen molar-refractivity contribution >= 4 is 22.4 Å². The van der Waals surface area contributed by atoms with E-state index in [4.69, 9.17) is 4.42 Å². The molecule has 1 amide bonds. The molecule has 3 heterocycles. The molecule has 1 N–H and O–H groups in total. The van der Waals surface area contributed by atoms with Gasteiger partial charge in [0.2, 0.25) is 5.91 Å². The molecule has 1 atom stereocenters. The summed E-state index contributed by atoms with van der Waals surface area (Å²) in [5, 5.41) is 5.32. The number of thiazole rings is 1. The molecular weight excluding hydrogens is 300 g/mol. The van der Waals surface area contributed by atoms with E-state index in [1.807, 2.05) is 32.2 Å². The van der Waals surface area contributed by atoms with Crippen LogP contribution in [0.3, 0.4) is 0 Å². The molecule has 0 aliphatic carbocycles. The number of anilines is 1. The maximum Gasteiger partial charge on any atom is 0.248 e. The zero-order valence-electron chi connectivity index (χ0n) is 12.5. The van der Waals surface area contributed by atoms with Crippen molar-refractivity contribution in [2.24, 2.45) is 0 Å². The first kappa shape index (κ1) is 14.5. The third-order valence-electron chi connectivity index (χ3n) is 3.40. The summed E-state index contributed by atoms with van der Waals surface area (Å²) in [6.45, 7) is 5.62. The van der Waals surface area contributed by atoms with Crippen LogP contribution in [0.1, 0.15) is 24.5 Å². The molecule has 3 aromatic heterocycles. The van der Waals surface area contributed by atoms with Crippen molar-refractivity contribution in [3.05, 3.63) is 41.7 Å². The average molecular weight is 316 g/mol. The van der Waals surface area contributed by atoms with Crippen LogP contribution in [0.4, 0.5) is 5.13 Å². The van der Waals surface area contributed by atoms with Gasteiger partial charge in [-0.05, 0) is 26.8 Å². The molecule has 7 heteroatoms. The lowest BCUT2D eigenvalue weighted by Gasteiger charge is -2.11. The van der Waals surface area contributed by atoms with E-state index in [-0.39, 0.29) is 11.9 Å². The smallest absolute Gasteiger partial charge is 0.248 e. The van der Waals surface area contributed by atoms with E-state index in [0.717, 1.165) is 22.8 Å². The van der Waals surface area contributed by atoms with Crippen LogP contribution >= 0.6 is 11.3 Å². The summed E-state index contributed by atoms with van der Waals surface area (Å²) in [4.78, 5) is 20.6. The summed E-state index contributed by atoms with van der Waals surface area (Å²) < 4.78 is 7.26. The number of amides is 1. The van der Waals surface area contributed by atoms with Crippen LogP contribution in [0.2, 0.25) is 0 Å². The van der Waals surface area contributed by atoms with Crippen molar-refractivity contribution in [1.82, 2.24) is 14.5 Å². The van der Waals surface area contributed by atoms with Gasteiger partial charge < -0.3 is 14.3 Å². The molecule has 0 aliphatic heterocycles. The highest BCUT2D eigenvalue weighted by Crippen LogP contribution is 2.29. The normalized spacial score (nSPS) is 12.3. The number of rotatable bonds is 4. The maximum absolute atomic E-state index is 12.2. The van der Waals surface area contributed by atoms with Gasteiger partial charge in [0.1, 0.15) is 17.6 Å². The Labute approximate surface area is 131 Å². The van der Waals surface area contributed by atoms with Gasteiger partial charge in [0.05, 0.1) is 12.0 Å². The first-order valence-corrected chi connectivity index (χ1v) is 7.74. The van der Waals surface area contributed by atoms with Crippen LogP contribution in [0.5, 0.6) is 0 Å². The highest BCUT2D eigenvalue weighted by atomic mass is 32.1. The topological polar surface area (TPSA) is 73.0 Å². The zero-order chi connectivity index (χ0) is 15.7. The van der Waals surface area contributed by atoms with Gasteiger partial charge >= 0.3 is 0 Å². The second-order valence-electron chi connectivity index (χ2n) is 5.04. The molecule has 3 aromatic rings. The number of furan rings is 1. The number of nitrogens with one attached hydrogen (secondary N) is 1. The van der Waals surface area contributed by atoms with Gasteiger partial charge in [-0.25, -0.2) is 9.97 Å². The minimum absolute atomic E-state index is 0.126. The molecule has 0 radical (unpaired) electrons. The van der Waals surface area contributed by atoms with Gasteiger partial charge in [0, 0.05) is 23.3 Å². The van der Waals surface area contributed by atoms with Crippen LogP contribution in [-0.4, -0.2) is 20.4 Å². The number of hydrogen-bond acceptors (Lipinski definition) is 5. The Bertz CT molecular complexity index is 788. The van der Waals surface area contributed by atoms with Crippen molar-refractivity contribution in [2.75, 3.05) is 5.32 Å². The second-order valence-corrected chi connectivity index (χ2v) is 5.90. The van der Waals surface area contributed by atoms with E-state index in [2.05, 4.69) is 15.3 Å². The molecule has 0 saturated heterocycles. The third-order valence-corrected chi connectivity index (χ3v) is 4.16. The maximum atomic E-state index is 12.2. The molecule has 22 heavy (non-hydrogen) atoms. The number of carbonyl (C=O) groups is 1. The summed E-state index contributed by atoms with van der Waals surface area (Å²) in [5.74, 6) is 1.55. The van der Waals surface area contributed by atoms with Crippen molar-refractivity contribution in [1.29, 1.82) is 0 Å². The zero-order valence-corrected chi connectivity index (χ0v) is 13.3. The molecule has 0 aromatic carbocycles. The molecule has 6 nitrogen and oxygen atoms in total. The SMILES string of the molecule is Cc1cc(-c2csc(NC(=O)C(C)n3ccnc3)n2)c(C)o1. The lowest BCUT2D eigenvalue weighted by atomic mass is 10.2. The number of imidazole rings is 1. The lowest BCUT2D eigenvalue weighted by molar-refractivity contribution is -0.118. The first-order chi connectivity index (χ1) is 10.5. The summed E-state index contributed by atoms with van der Waals surface area (Å²) in [7, 11) is 0. The monoisotopic (exact) mass is 316 g/mol. The van der Waals surface area contributed by atoms with Crippen LogP contribution < -0.4 is 5.32 Å². The fourth-order valence-corrected chi connectivity index (χ4v) is 2.90. The van der Waals surface area contributed by atoms with Gasteiger partial charge in [-0.3, -0.25) is 4.79 Å². The van der Waals surface area contributed by atoms with Crippen molar-refractivity contribution in [2.45, 2.75) is 26.8 Å². The quantitative estimate of drug-likeness (QED) is 0.800. The summed E-state index contributed by atoms with van der Waals surface area (Å²) >= 11 is 1.40. The predicted octanol–water partition coefficient (Wildman–Crippen LogP) is 3.42. The van der Waals surface area contributed by atoms with E-state index in [1.54, 1.807) is 23.3 Å². The fourth-order valence-electron chi connectivity index (χ4n) is 2.18. The van der Waals surface area contributed by atoms with E-state index in [9.17, 15) is 4.79 Å². The van der Waals surface area contributed by atoms with Crippen molar-refractivity contribution in [3.63, 3.8) is 0 Å². The van der Waals surface area contributed by atoms with Crippen molar-refractivity contribution < 1.29 is 9.21 Å². The molecular formula is C15H16N4O2S. The average Bonchev–Trinajstić information content (AvgIpc) is 3.19. The highest BCUT2D eigenvalue weighted by molar-refractivity contribution is 7.14. The van der Waals surface area contributed by atoms with Gasteiger partial charge in [0.25, 0.3) is 0 Å². The van der Waals surface area contributed by atoms with Crippen LogP contribution in [0.15, 0.2) is 34.6 Å². The van der Waals surface area contributed by atoms with Gasteiger partial charge in [0.15, 0.2) is 5.13 Å². The van der Waals surface area contributed by atoms with Crippen LogP contribution in [0, 0.1) is 13.8 Å². The van der Waals surface area contributed by atoms with Crippen LogP contribution in [0.25, 0.3) is 11.3 Å². The lowest BCUT2D eigenvalue weighted by Crippen LogP contribution is -2.22. The highest BCUT2D eigenvalue weighted by Gasteiger charge is 2.17. The Kier molecular flexibility index (Phi) is 3.81. The number of hydrogen-bond donors (Lipinski definition) is 1. The summed E-state index contributed by atoms with van der Waals surface area (Å²) in [6, 6.07) is 1.61. The van der Waals surface area contributed by atoms with E-state index in [1.165, 1.54) is 11.3 Å². The minimum atomic E-state index is -0.340.